The highest BCUT2D eigenvalue weighted by molar-refractivity contribution is 5.95. The first kappa shape index (κ1) is 24.1. The topological polar surface area (TPSA) is 74.3 Å². The molecule has 0 saturated carbocycles. The van der Waals surface area contributed by atoms with Crippen LogP contribution in [0, 0.1) is 5.82 Å². The lowest BCUT2D eigenvalue weighted by atomic mass is 9.91. The number of fused-ring (bicyclic) bond motifs is 1. The summed E-state index contributed by atoms with van der Waals surface area (Å²) >= 11 is 0. The summed E-state index contributed by atoms with van der Waals surface area (Å²) in [6.45, 7) is 0.491. The largest absolute Gasteiger partial charge is 0.493 e. The molecule has 0 bridgehead atoms. The number of amides is 1. The lowest BCUT2D eigenvalue weighted by Gasteiger charge is -2.37. The lowest BCUT2D eigenvalue weighted by Crippen LogP contribution is -2.43. The van der Waals surface area contributed by atoms with Gasteiger partial charge in [0.25, 0.3) is 5.91 Å². The first-order valence-electron chi connectivity index (χ1n) is 11.1. The second kappa shape index (κ2) is 10.5. The van der Waals surface area contributed by atoms with E-state index in [4.69, 9.17) is 18.9 Å². The Balaban J connectivity index is 1.67. The third kappa shape index (κ3) is 4.91. The molecule has 0 unspecified atom stereocenters. The van der Waals surface area contributed by atoms with Crippen LogP contribution in [0.3, 0.4) is 0 Å². The van der Waals surface area contributed by atoms with Crippen LogP contribution in [0.4, 0.5) is 4.39 Å². The molecule has 7 nitrogen and oxygen atoms in total. The van der Waals surface area contributed by atoms with Gasteiger partial charge in [-0.15, -0.1) is 0 Å². The van der Waals surface area contributed by atoms with Gasteiger partial charge in [0, 0.05) is 6.54 Å². The average Bonchev–Trinajstić information content (AvgIpc) is 2.90. The summed E-state index contributed by atoms with van der Waals surface area (Å²) in [7, 11) is 4.43. The molecular formula is C27H26FNO6. The summed E-state index contributed by atoms with van der Waals surface area (Å²) in [4.78, 5) is 26.7. The summed E-state index contributed by atoms with van der Waals surface area (Å²) < 4.78 is 36.2. The third-order valence-electron chi connectivity index (χ3n) is 6.05. The van der Waals surface area contributed by atoms with Gasteiger partial charge in [0.1, 0.15) is 18.2 Å². The minimum Gasteiger partial charge on any atom is -0.493 e. The molecule has 0 aromatic heterocycles. The van der Waals surface area contributed by atoms with E-state index in [2.05, 4.69) is 0 Å². The van der Waals surface area contributed by atoms with Crippen molar-refractivity contribution in [1.82, 2.24) is 4.90 Å². The number of carbonyl (C=O) groups excluding carboxylic acids is 2. The van der Waals surface area contributed by atoms with Crippen molar-refractivity contribution in [2.24, 2.45) is 0 Å². The Kier molecular flexibility index (Phi) is 7.19. The Morgan fingerprint density at radius 3 is 2.31 bits per heavy atom. The number of methoxy groups -OCH3 is 3. The maximum absolute atomic E-state index is 14.5. The van der Waals surface area contributed by atoms with Crippen molar-refractivity contribution in [1.29, 1.82) is 0 Å². The van der Waals surface area contributed by atoms with Gasteiger partial charge in [0.15, 0.2) is 11.5 Å². The van der Waals surface area contributed by atoms with Crippen LogP contribution >= 0.6 is 0 Å². The first-order chi connectivity index (χ1) is 17.0. The van der Waals surface area contributed by atoms with E-state index in [-0.39, 0.29) is 12.2 Å². The smallest absolute Gasteiger partial charge is 0.337 e. The molecule has 0 spiro atoms. The maximum Gasteiger partial charge on any atom is 0.337 e. The number of hydrogen-bond donors (Lipinski definition) is 0. The molecule has 182 valence electrons. The zero-order valence-corrected chi connectivity index (χ0v) is 19.7. The molecule has 1 amide bonds. The first-order valence-corrected chi connectivity index (χ1v) is 11.1. The van der Waals surface area contributed by atoms with Crippen LogP contribution in [0.15, 0.2) is 60.7 Å². The number of rotatable bonds is 7. The van der Waals surface area contributed by atoms with Crippen molar-refractivity contribution in [3.05, 3.63) is 88.7 Å². The van der Waals surface area contributed by atoms with Crippen molar-refractivity contribution in [3.63, 3.8) is 0 Å². The second-order valence-electron chi connectivity index (χ2n) is 7.98. The van der Waals surface area contributed by atoms with Crippen LogP contribution < -0.4 is 14.2 Å². The molecule has 1 aliphatic heterocycles. The molecule has 0 saturated heterocycles. The SMILES string of the molecule is COC(=O)c1ccc(OC[C@@H]2c3cc(OC)c(OC)cc3CCN2C(=O)c2ccccc2F)cc1. The Morgan fingerprint density at radius 1 is 0.971 bits per heavy atom. The average molecular weight is 480 g/mol. The van der Waals surface area contributed by atoms with Gasteiger partial charge in [0.2, 0.25) is 0 Å². The molecule has 0 fully saturated rings. The molecule has 1 heterocycles. The van der Waals surface area contributed by atoms with Crippen LogP contribution in [0.25, 0.3) is 0 Å². The zero-order chi connectivity index (χ0) is 24.9. The fourth-order valence-electron chi connectivity index (χ4n) is 4.22. The van der Waals surface area contributed by atoms with E-state index in [1.54, 1.807) is 55.5 Å². The van der Waals surface area contributed by atoms with E-state index < -0.39 is 23.7 Å². The maximum atomic E-state index is 14.5. The van der Waals surface area contributed by atoms with Gasteiger partial charge in [-0.2, -0.15) is 0 Å². The highest BCUT2D eigenvalue weighted by Gasteiger charge is 2.34. The molecule has 0 N–H and O–H groups in total. The Bertz CT molecular complexity index is 1230. The predicted molar refractivity (Wildman–Crippen MR) is 127 cm³/mol. The molecular weight excluding hydrogens is 453 g/mol. The number of hydrogen-bond acceptors (Lipinski definition) is 6. The summed E-state index contributed by atoms with van der Waals surface area (Å²) in [5.41, 5.74) is 2.24. The molecule has 8 heteroatoms. The molecule has 3 aromatic carbocycles. The summed E-state index contributed by atoms with van der Waals surface area (Å²) in [5, 5.41) is 0. The molecule has 35 heavy (non-hydrogen) atoms. The third-order valence-corrected chi connectivity index (χ3v) is 6.05. The van der Waals surface area contributed by atoms with E-state index in [0.717, 1.165) is 11.1 Å². The Labute approximate surface area is 203 Å². The molecule has 1 atom stereocenters. The van der Waals surface area contributed by atoms with Crippen molar-refractivity contribution >= 4 is 11.9 Å². The van der Waals surface area contributed by atoms with Crippen molar-refractivity contribution in [3.8, 4) is 17.2 Å². The minimum absolute atomic E-state index is 0.00357. The van der Waals surface area contributed by atoms with Gasteiger partial charge in [-0.3, -0.25) is 4.79 Å². The molecule has 4 rings (SSSR count). The fraction of sp³-hybridized carbons (Fsp3) is 0.259. The van der Waals surface area contributed by atoms with Crippen molar-refractivity contribution in [2.45, 2.75) is 12.5 Å². The summed E-state index contributed by atoms with van der Waals surface area (Å²) in [6.07, 6.45) is 0.570. The monoisotopic (exact) mass is 479 g/mol. The van der Waals surface area contributed by atoms with E-state index in [0.29, 0.717) is 35.8 Å². The highest BCUT2D eigenvalue weighted by atomic mass is 19.1. The number of esters is 1. The number of halogens is 1. The van der Waals surface area contributed by atoms with E-state index in [1.165, 1.54) is 19.2 Å². The Hall–Kier alpha value is -4.07. The molecule has 1 aliphatic rings. The van der Waals surface area contributed by atoms with Gasteiger partial charge in [-0.25, -0.2) is 9.18 Å². The molecule has 0 radical (unpaired) electrons. The van der Waals surface area contributed by atoms with E-state index in [9.17, 15) is 14.0 Å². The van der Waals surface area contributed by atoms with Crippen LogP contribution in [0.5, 0.6) is 17.2 Å². The van der Waals surface area contributed by atoms with Gasteiger partial charge in [-0.05, 0) is 66.1 Å². The van der Waals surface area contributed by atoms with E-state index >= 15 is 0 Å². The molecule has 3 aromatic rings. The van der Waals surface area contributed by atoms with Crippen LogP contribution in [-0.4, -0.2) is 51.3 Å². The molecule has 0 aliphatic carbocycles. The van der Waals surface area contributed by atoms with Crippen LogP contribution in [-0.2, 0) is 11.2 Å². The Morgan fingerprint density at radius 2 is 1.66 bits per heavy atom. The number of ether oxygens (including phenoxy) is 4. The fourth-order valence-corrected chi connectivity index (χ4v) is 4.22. The van der Waals surface area contributed by atoms with E-state index in [1.807, 2.05) is 12.1 Å². The number of carbonyl (C=O) groups is 2. The van der Waals surface area contributed by atoms with Crippen molar-refractivity contribution < 1.29 is 32.9 Å². The summed E-state index contributed by atoms with van der Waals surface area (Å²) in [6, 6.07) is 15.7. The second-order valence-corrected chi connectivity index (χ2v) is 7.98. The van der Waals surface area contributed by atoms with Crippen molar-refractivity contribution in [2.75, 3.05) is 34.5 Å². The van der Waals surface area contributed by atoms with Gasteiger partial charge in [-0.1, -0.05) is 12.1 Å². The van der Waals surface area contributed by atoms with Gasteiger partial charge >= 0.3 is 5.97 Å². The quantitative estimate of drug-likeness (QED) is 0.466. The number of nitrogens with zero attached hydrogens (tertiary/aromatic N) is 1. The lowest BCUT2D eigenvalue weighted by molar-refractivity contribution is 0.0579. The zero-order valence-electron chi connectivity index (χ0n) is 19.7. The highest BCUT2D eigenvalue weighted by Crippen LogP contribution is 2.39. The minimum atomic E-state index is -0.575. The predicted octanol–water partition coefficient (Wildman–Crippen LogP) is 4.45. The van der Waals surface area contributed by atoms with Crippen LogP contribution in [0.2, 0.25) is 0 Å². The van der Waals surface area contributed by atoms with Gasteiger partial charge < -0.3 is 23.8 Å². The van der Waals surface area contributed by atoms with Gasteiger partial charge in [0.05, 0.1) is 38.5 Å². The normalized spacial score (nSPS) is 14.6. The standard InChI is InChI=1S/C27H26FNO6/c1-32-24-14-18-12-13-29(26(30)20-6-4-5-7-22(20)28)23(21(18)15-25(24)33-2)16-35-19-10-8-17(9-11-19)27(31)34-3/h4-11,14-15,23H,12-13,16H2,1-3H3/t23-/m1/s1. The summed E-state index contributed by atoms with van der Waals surface area (Å²) in [5.74, 6) is 0.202. The number of benzene rings is 3. The van der Waals surface area contributed by atoms with Crippen LogP contribution in [0.1, 0.15) is 37.9 Å².